The van der Waals surface area contributed by atoms with Gasteiger partial charge in [0.05, 0.1) is 0 Å². The van der Waals surface area contributed by atoms with Crippen LogP contribution in [0.5, 0.6) is 0 Å². The summed E-state index contributed by atoms with van der Waals surface area (Å²) < 4.78 is 0. The molecular formula is C20H28ClIN4S. The first-order valence-corrected chi connectivity index (χ1v) is 10.4. The summed E-state index contributed by atoms with van der Waals surface area (Å²) in [5, 5.41) is 9.77. The monoisotopic (exact) mass is 518 g/mol. The first kappa shape index (κ1) is 22.5. The lowest BCUT2D eigenvalue weighted by Crippen LogP contribution is -2.42. The molecule has 1 aromatic heterocycles. The molecule has 0 atom stereocenters. The summed E-state index contributed by atoms with van der Waals surface area (Å²) in [6.45, 7) is 5.19. The fourth-order valence-electron chi connectivity index (χ4n) is 3.22. The van der Waals surface area contributed by atoms with Crippen molar-refractivity contribution in [2.45, 2.75) is 25.9 Å². The maximum atomic E-state index is 5.93. The van der Waals surface area contributed by atoms with E-state index in [1.54, 1.807) is 0 Å². The van der Waals surface area contributed by atoms with Gasteiger partial charge in [-0.05, 0) is 61.0 Å². The van der Waals surface area contributed by atoms with E-state index in [1.807, 2.05) is 42.6 Å². The van der Waals surface area contributed by atoms with E-state index in [4.69, 9.17) is 11.6 Å². The van der Waals surface area contributed by atoms with Gasteiger partial charge in [-0.15, -0.1) is 35.3 Å². The van der Waals surface area contributed by atoms with Gasteiger partial charge < -0.3 is 10.6 Å². The molecule has 3 rings (SSSR count). The maximum Gasteiger partial charge on any atom is 0.191 e. The van der Waals surface area contributed by atoms with E-state index in [0.29, 0.717) is 5.92 Å². The van der Waals surface area contributed by atoms with Crippen molar-refractivity contribution in [3.8, 4) is 0 Å². The summed E-state index contributed by atoms with van der Waals surface area (Å²) >= 11 is 7.78. The third kappa shape index (κ3) is 7.60. The average Bonchev–Trinajstić information content (AvgIpc) is 3.17. The number of likely N-dealkylation sites (tertiary alicyclic amines) is 1. The third-order valence-corrected chi connectivity index (χ3v) is 5.93. The van der Waals surface area contributed by atoms with Crippen LogP contribution in [0.3, 0.4) is 0 Å². The zero-order chi connectivity index (χ0) is 18.2. The summed E-state index contributed by atoms with van der Waals surface area (Å²) in [6.07, 6.45) is 2.49. The third-order valence-electron chi connectivity index (χ3n) is 4.82. The number of guanidine groups is 1. The number of hydrogen-bond acceptors (Lipinski definition) is 3. The molecule has 1 fully saturated rings. The van der Waals surface area contributed by atoms with Gasteiger partial charge in [0.2, 0.25) is 0 Å². The molecule has 7 heteroatoms. The van der Waals surface area contributed by atoms with Crippen LogP contribution in [0.4, 0.5) is 0 Å². The van der Waals surface area contributed by atoms with Gasteiger partial charge in [0.15, 0.2) is 5.96 Å². The summed E-state index contributed by atoms with van der Waals surface area (Å²) in [5.74, 6) is 1.57. The van der Waals surface area contributed by atoms with Crippen LogP contribution in [0.25, 0.3) is 0 Å². The van der Waals surface area contributed by atoms with Crippen LogP contribution in [0.2, 0.25) is 5.02 Å². The Balaban J connectivity index is 0.00000261. The SMILES string of the molecule is CN=C(NCc1ccc(Cl)cc1)NCC1CCN(Cc2cccs2)CC1.I. The van der Waals surface area contributed by atoms with Crippen molar-refractivity contribution >= 4 is 52.9 Å². The zero-order valence-electron chi connectivity index (χ0n) is 15.7. The zero-order valence-corrected chi connectivity index (χ0v) is 19.6. The highest BCUT2D eigenvalue weighted by molar-refractivity contribution is 14.0. The molecule has 0 radical (unpaired) electrons. The summed E-state index contributed by atoms with van der Waals surface area (Å²) in [7, 11) is 1.82. The normalized spacial score (nSPS) is 16.0. The summed E-state index contributed by atoms with van der Waals surface area (Å²) in [5.41, 5.74) is 1.19. The molecular weight excluding hydrogens is 491 g/mol. The number of rotatable bonds is 6. The van der Waals surface area contributed by atoms with Crippen LogP contribution < -0.4 is 10.6 Å². The number of benzene rings is 1. The first-order valence-electron chi connectivity index (χ1n) is 9.16. The van der Waals surface area contributed by atoms with Gasteiger partial charge in [0, 0.05) is 36.6 Å². The Morgan fingerprint density at radius 3 is 2.56 bits per heavy atom. The minimum absolute atomic E-state index is 0. The molecule has 148 valence electrons. The molecule has 1 aliphatic rings. The molecule has 2 aromatic rings. The Kier molecular flexibility index (Phi) is 9.89. The van der Waals surface area contributed by atoms with Gasteiger partial charge >= 0.3 is 0 Å². The van der Waals surface area contributed by atoms with Crippen molar-refractivity contribution in [1.82, 2.24) is 15.5 Å². The van der Waals surface area contributed by atoms with Crippen LogP contribution in [0, 0.1) is 5.92 Å². The minimum atomic E-state index is 0. The molecule has 2 heterocycles. The molecule has 1 saturated heterocycles. The summed E-state index contributed by atoms with van der Waals surface area (Å²) in [6, 6.07) is 12.3. The average molecular weight is 519 g/mol. The smallest absolute Gasteiger partial charge is 0.191 e. The fourth-order valence-corrected chi connectivity index (χ4v) is 4.09. The number of nitrogens with one attached hydrogen (secondary N) is 2. The number of hydrogen-bond donors (Lipinski definition) is 2. The second-order valence-corrected chi connectivity index (χ2v) is 8.20. The fraction of sp³-hybridized carbons (Fsp3) is 0.450. The summed E-state index contributed by atoms with van der Waals surface area (Å²) in [4.78, 5) is 8.36. The van der Waals surface area contributed by atoms with E-state index >= 15 is 0 Å². The number of aliphatic imine (C=N–C) groups is 1. The van der Waals surface area contributed by atoms with Gasteiger partial charge in [0.25, 0.3) is 0 Å². The molecule has 0 unspecified atom stereocenters. The first-order chi connectivity index (χ1) is 12.7. The Bertz CT molecular complexity index is 683. The molecule has 0 aliphatic carbocycles. The van der Waals surface area contributed by atoms with E-state index in [0.717, 1.165) is 30.6 Å². The highest BCUT2D eigenvalue weighted by Crippen LogP contribution is 2.20. The van der Waals surface area contributed by atoms with Crippen LogP contribution in [-0.4, -0.2) is 37.5 Å². The molecule has 0 saturated carbocycles. The predicted octanol–water partition coefficient (Wildman–Crippen LogP) is 4.60. The number of halogens is 2. The molecule has 4 nitrogen and oxygen atoms in total. The van der Waals surface area contributed by atoms with Crippen molar-refractivity contribution in [1.29, 1.82) is 0 Å². The number of piperidine rings is 1. The van der Waals surface area contributed by atoms with Crippen molar-refractivity contribution in [3.63, 3.8) is 0 Å². The lowest BCUT2D eigenvalue weighted by Gasteiger charge is -2.32. The topological polar surface area (TPSA) is 39.7 Å². The van der Waals surface area contributed by atoms with Gasteiger partial charge in [0.1, 0.15) is 0 Å². The molecule has 1 aromatic carbocycles. The lowest BCUT2D eigenvalue weighted by molar-refractivity contribution is 0.179. The Morgan fingerprint density at radius 2 is 1.93 bits per heavy atom. The number of nitrogens with zero attached hydrogens (tertiary/aromatic N) is 2. The molecule has 2 N–H and O–H groups in total. The number of thiophene rings is 1. The standard InChI is InChI=1S/C20H27ClN4S.HI/c1-22-20(23-13-16-4-6-18(21)7-5-16)24-14-17-8-10-25(11-9-17)15-19-3-2-12-26-19;/h2-7,12,17H,8-11,13-15H2,1H3,(H2,22,23,24);1H. The quantitative estimate of drug-likeness (QED) is 0.334. The molecule has 0 bridgehead atoms. The molecule has 0 spiro atoms. The van der Waals surface area contributed by atoms with Crippen molar-refractivity contribution in [2.75, 3.05) is 26.7 Å². The van der Waals surface area contributed by atoms with Crippen LogP contribution in [-0.2, 0) is 13.1 Å². The van der Waals surface area contributed by atoms with Crippen LogP contribution >= 0.6 is 46.9 Å². The van der Waals surface area contributed by atoms with Crippen molar-refractivity contribution in [2.24, 2.45) is 10.9 Å². The largest absolute Gasteiger partial charge is 0.356 e. The van der Waals surface area contributed by atoms with Gasteiger partial charge in [-0.25, -0.2) is 0 Å². The predicted molar refractivity (Wildman–Crippen MR) is 127 cm³/mol. The van der Waals surface area contributed by atoms with E-state index in [1.165, 1.54) is 36.4 Å². The van der Waals surface area contributed by atoms with E-state index in [9.17, 15) is 0 Å². The van der Waals surface area contributed by atoms with Crippen LogP contribution in [0.1, 0.15) is 23.3 Å². The van der Waals surface area contributed by atoms with Crippen LogP contribution in [0.15, 0.2) is 46.8 Å². The molecule has 1 aliphatic heterocycles. The second-order valence-electron chi connectivity index (χ2n) is 6.73. The van der Waals surface area contributed by atoms with E-state index in [2.05, 4.69) is 38.0 Å². The maximum absolute atomic E-state index is 5.93. The second kappa shape index (κ2) is 11.9. The van der Waals surface area contributed by atoms with Gasteiger partial charge in [-0.1, -0.05) is 29.8 Å². The lowest BCUT2D eigenvalue weighted by atomic mass is 9.97. The van der Waals surface area contributed by atoms with Crippen molar-refractivity contribution < 1.29 is 0 Å². The van der Waals surface area contributed by atoms with Crippen molar-refractivity contribution in [3.05, 3.63) is 57.2 Å². The minimum Gasteiger partial charge on any atom is -0.356 e. The Morgan fingerprint density at radius 1 is 1.19 bits per heavy atom. The Labute approximate surface area is 188 Å². The highest BCUT2D eigenvalue weighted by atomic mass is 127. The molecule has 27 heavy (non-hydrogen) atoms. The Hall–Kier alpha value is -0.830. The van der Waals surface area contributed by atoms with Gasteiger partial charge in [-0.3, -0.25) is 9.89 Å². The van der Waals surface area contributed by atoms with E-state index in [-0.39, 0.29) is 24.0 Å². The highest BCUT2D eigenvalue weighted by Gasteiger charge is 2.19. The molecule has 0 amide bonds. The van der Waals surface area contributed by atoms with E-state index < -0.39 is 0 Å². The van der Waals surface area contributed by atoms with Gasteiger partial charge in [-0.2, -0.15) is 0 Å².